The van der Waals surface area contributed by atoms with Gasteiger partial charge < -0.3 is 24.4 Å². The molecule has 3 aliphatic heterocycles. The monoisotopic (exact) mass is 578 g/mol. The van der Waals surface area contributed by atoms with Crippen molar-refractivity contribution >= 4 is 17.8 Å². The molecule has 0 radical (unpaired) electrons. The number of benzene rings is 1. The van der Waals surface area contributed by atoms with Crippen molar-refractivity contribution < 1.29 is 29.0 Å². The molecule has 8 heteroatoms. The van der Waals surface area contributed by atoms with Crippen LogP contribution in [0, 0.1) is 17.8 Å². The number of carbonyl (C=O) groups excluding carboxylic acids is 3. The average molecular weight is 579 g/mol. The molecular formula is C34H46N2O6. The lowest BCUT2D eigenvalue weighted by Crippen LogP contribution is -2.59. The number of hydrogen-bond donors (Lipinski definition) is 1. The molecule has 4 aliphatic rings. The zero-order valence-corrected chi connectivity index (χ0v) is 25.1. The van der Waals surface area contributed by atoms with E-state index in [1.165, 1.54) is 0 Å². The van der Waals surface area contributed by atoms with E-state index < -0.39 is 41.1 Å². The maximum Gasteiger partial charge on any atom is 0.312 e. The topological polar surface area (TPSA) is 96.4 Å². The van der Waals surface area contributed by atoms with E-state index in [9.17, 15) is 19.5 Å². The predicted molar refractivity (Wildman–Crippen MR) is 159 cm³/mol. The highest BCUT2D eigenvalue weighted by molar-refractivity contribution is 5.99. The van der Waals surface area contributed by atoms with Crippen LogP contribution >= 0.6 is 0 Å². The van der Waals surface area contributed by atoms with Crippen LogP contribution in [-0.2, 0) is 23.9 Å². The zero-order valence-electron chi connectivity index (χ0n) is 25.1. The predicted octanol–water partition coefficient (Wildman–Crippen LogP) is 4.59. The van der Waals surface area contributed by atoms with Crippen LogP contribution in [0.2, 0.25) is 0 Å². The Bertz CT molecular complexity index is 1180. The van der Waals surface area contributed by atoms with E-state index in [0.29, 0.717) is 25.8 Å². The maximum absolute atomic E-state index is 14.9. The second-order valence-corrected chi connectivity index (χ2v) is 12.7. The first-order chi connectivity index (χ1) is 20.2. The highest BCUT2D eigenvalue weighted by Gasteiger charge is 2.81. The van der Waals surface area contributed by atoms with Crippen molar-refractivity contribution in [1.29, 1.82) is 0 Å². The second kappa shape index (κ2) is 12.3. The van der Waals surface area contributed by atoms with Crippen molar-refractivity contribution in [2.75, 3.05) is 19.8 Å². The Kier molecular flexibility index (Phi) is 8.95. The number of unbranched alkanes of at least 4 members (excludes halogenated alkanes) is 1. The lowest BCUT2D eigenvalue weighted by molar-refractivity contribution is -0.164. The van der Waals surface area contributed by atoms with Gasteiger partial charge in [-0.3, -0.25) is 14.4 Å². The number of fused-ring (bicyclic) bond motifs is 1. The van der Waals surface area contributed by atoms with Crippen molar-refractivity contribution in [3.05, 3.63) is 61.2 Å². The standard InChI is InChI=1S/C34H46N2O6/c1-5-7-14-20-41-32(40)28-27-30(38)36(26(22-37)24-15-10-8-11-16-24)29(34(27)21-23(3)33(28,4)42-34)31(39)35(19-6-2)25-17-12-9-13-18-25/h5-6,8,10-11,15-16,23,25-29,37H,1-2,7,9,12-14,17-22H2,3-4H3/t23?,26-,27+,28+,29?,33-,34?/m1/s1. The lowest BCUT2D eigenvalue weighted by Gasteiger charge is -2.42. The summed E-state index contributed by atoms with van der Waals surface area (Å²) in [6.45, 7) is 11.8. The number of allylic oxidation sites excluding steroid dienone is 1. The van der Waals surface area contributed by atoms with Gasteiger partial charge in [-0.25, -0.2) is 0 Å². The van der Waals surface area contributed by atoms with Gasteiger partial charge in [-0.1, -0.05) is 68.7 Å². The summed E-state index contributed by atoms with van der Waals surface area (Å²) >= 11 is 0. The van der Waals surface area contributed by atoms with Gasteiger partial charge >= 0.3 is 5.97 Å². The fraction of sp³-hybridized carbons (Fsp3) is 0.618. The minimum absolute atomic E-state index is 0.0400. The number of ether oxygens (including phenoxy) is 2. The van der Waals surface area contributed by atoms with Crippen LogP contribution in [-0.4, -0.2) is 75.7 Å². The fourth-order valence-corrected chi connectivity index (χ4v) is 8.28. The molecule has 42 heavy (non-hydrogen) atoms. The Morgan fingerprint density at radius 3 is 2.55 bits per heavy atom. The van der Waals surface area contributed by atoms with Crippen molar-refractivity contribution in [1.82, 2.24) is 9.80 Å². The van der Waals surface area contributed by atoms with Gasteiger partial charge in [0.1, 0.15) is 17.6 Å². The molecule has 1 aliphatic carbocycles. The second-order valence-electron chi connectivity index (χ2n) is 12.7. The highest BCUT2D eigenvalue weighted by Crippen LogP contribution is 2.66. The molecule has 1 saturated carbocycles. The van der Waals surface area contributed by atoms with E-state index >= 15 is 0 Å². The number of nitrogens with zero attached hydrogens (tertiary/aromatic N) is 2. The average Bonchev–Trinajstić information content (AvgIpc) is 3.52. The Labute approximate surface area is 249 Å². The van der Waals surface area contributed by atoms with Gasteiger partial charge in [-0.05, 0) is 50.5 Å². The third kappa shape index (κ3) is 4.90. The van der Waals surface area contributed by atoms with Crippen LogP contribution in [0.25, 0.3) is 0 Å². The molecule has 5 rings (SSSR count). The summed E-state index contributed by atoms with van der Waals surface area (Å²) in [7, 11) is 0. The third-order valence-corrected chi connectivity index (χ3v) is 10.4. The normalized spacial score (nSPS) is 32.8. The minimum Gasteiger partial charge on any atom is -0.465 e. The molecule has 0 aromatic heterocycles. The molecule has 8 nitrogen and oxygen atoms in total. The van der Waals surface area contributed by atoms with Crippen LogP contribution in [0.4, 0.5) is 0 Å². The number of amides is 2. The molecule has 2 amide bonds. The lowest BCUT2D eigenvalue weighted by atomic mass is 9.62. The van der Waals surface area contributed by atoms with E-state index in [-0.39, 0.29) is 37.0 Å². The van der Waals surface area contributed by atoms with Crippen LogP contribution in [0.3, 0.4) is 0 Å². The Balaban J connectivity index is 1.60. The zero-order chi connectivity index (χ0) is 30.1. The number of esters is 1. The Morgan fingerprint density at radius 1 is 1.19 bits per heavy atom. The third-order valence-electron chi connectivity index (χ3n) is 10.4. The van der Waals surface area contributed by atoms with Crippen LogP contribution in [0.15, 0.2) is 55.6 Å². The van der Waals surface area contributed by atoms with E-state index in [1.807, 2.05) is 49.1 Å². The number of rotatable bonds is 12. The Morgan fingerprint density at radius 2 is 1.90 bits per heavy atom. The van der Waals surface area contributed by atoms with Gasteiger partial charge in [0.25, 0.3) is 0 Å². The van der Waals surface area contributed by atoms with Crippen LogP contribution in [0.5, 0.6) is 0 Å². The summed E-state index contributed by atoms with van der Waals surface area (Å²) < 4.78 is 12.6. The molecule has 3 heterocycles. The van der Waals surface area contributed by atoms with Gasteiger partial charge in [0, 0.05) is 12.6 Å². The van der Waals surface area contributed by atoms with Gasteiger partial charge in [-0.2, -0.15) is 0 Å². The molecule has 2 bridgehead atoms. The molecule has 1 N–H and O–H groups in total. The first kappa shape index (κ1) is 30.5. The van der Waals surface area contributed by atoms with Crippen molar-refractivity contribution in [3.63, 3.8) is 0 Å². The molecular weight excluding hydrogens is 532 g/mol. The summed E-state index contributed by atoms with van der Waals surface area (Å²) in [5.41, 5.74) is -1.42. The van der Waals surface area contributed by atoms with Crippen molar-refractivity contribution in [3.8, 4) is 0 Å². The first-order valence-corrected chi connectivity index (χ1v) is 15.6. The van der Waals surface area contributed by atoms with Crippen LogP contribution < -0.4 is 0 Å². The number of carbonyl (C=O) groups is 3. The number of likely N-dealkylation sites (tertiary alicyclic amines) is 1. The molecule has 1 spiro atoms. The van der Waals surface area contributed by atoms with Gasteiger partial charge in [0.15, 0.2) is 0 Å². The van der Waals surface area contributed by atoms with Gasteiger partial charge in [0.2, 0.25) is 11.8 Å². The summed E-state index contributed by atoms with van der Waals surface area (Å²) in [5.74, 6) is -2.80. The molecule has 228 valence electrons. The quantitative estimate of drug-likeness (QED) is 0.222. The van der Waals surface area contributed by atoms with Crippen molar-refractivity contribution in [2.24, 2.45) is 17.8 Å². The first-order valence-electron chi connectivity index (χ1n) is 15.6. The van der Waals surface area contributed by atoms with E-state index in [4.69, 9.17) is 9.47 Å². The molecule has 4 fully saturated rings. The smallest absolute Gasteiger partial charge is 0.312 e. The van der Waals surface area contributed by atoms with Crippen LogP contribution in [0.1, 0.15) is 76.8 Å². The van der Waals surface area contributed by atoms with E-state index in [1.54, 1.807) is 17.1 Å². The summed E-state index contributed by atoms with van der Waals surface area (Å²) in [5, 5.41) is 10.7. The van der Waals surface area contributed by atoms with E-state index in [2.05, 4.69) is 13.2 Å². The minimum atomic E-state index is -1.20. The SMILES string of the molecule is C=CCCCOC(=O)[C@@H]1[C@H]2C(=O)N([C@H](CO)c3ccccc3)C(C(=O)N(CC=C)C3CCCCC3)C23CC(C)[C@@]1(C)O3. The number of aliphatic hydroxyl groups is 1. The fourth-order valence-electron chi connectivity index (χ4n) is 8.28. The maximum atomic E-state index is 14.9. The van der Waals surface area contributed by atoms with Crippen molar-refractivity contribution in [2.45, 2.75) is 94.5 Å². The van der Waals surface area contributed by atoms with E-state index in [0.717, 1.165) is 37.7 Å². The van der Waals surface area contributed by atoms with Gasteiger partial charge in [0.05, 0.1) is 30.8 Å². The number of aliphatic hydroxyl groups excluding tert-OH is 1. The van der Waals surface area contributed by atoms with Gasteiger partial charge in [-0.15, -0.1) is 13.2 Å². The Hall–Kier alpha value is -2.97. The molecule has 3 unspecified atom stereocenters. The highest BCUT2D eigenvalue weighted by atomic mass is 16.6. The molecule has 3 saturated heterocycles. The molecule has 1 aromatic rings. The summed E-state index contributed by atoms with van der Waals surface area (Å²) in [6, 6.07) is 7.59. The molecule has 7 atom stereocenters. The summed E-state index contributed by atoms with van der Waals surface area (Å²) in [4.78, 5) is 46.8. The summed E-state index contributed by atoms with van der Waals surface area (Å²) in [6.07, 6.45) is 10.4. The molecule has 1 aromatic carbocycles. The largest absolute Gasteiger partial charge is 0.465 e. The number of hydrogen-bond acceptors (Lipinski definition) is 6.